The Hall–Kier alpha value is -2.21. The van der Waals surface area contributed by atoms with E-state index < -0.39 is 17.8 Å². The van der Waals surface area contributed by atoms with Crippen LogP contribution in [0.3, 0.4) is 0 Å². The fourth-order valence-corrected chi connectivity index (χ4v) is 2.84. The van der Waals surface area contributed by atoms with E-state index in [0.29, 0.717) is 16.6 Å². The van der Waals surface area contributed by atoms with Crippen LogP contribution in [0.25, 0.3) is 0 Å². The summed E-state index contributed by atoms with van der Waals surface area (Å²) in [4.78, 5) is 24.2. The van der Waals surface area contributed by atoms with Gasteiger partial charge in [-0.2, -0.15) is 0 Å². The quantitative estimate of drug-likeness (QED) is 0.277. The normalized spacial score (nSPS) is 10.5. The standard InChI is InChI=1S/C21H22BrFO4/c1-2-3-4-5-6-13-26-20(24)15-7-9-16(10-8-15)21(25)27-19-12-11-17(23)14-18(19)22/h7-12,14H,2-6,13H2,1H3. The number of ether oxygens (including phenoxy) is 2. The van der Waals surface area contributed by atoms with Crippen LogP contribution in [0.2, 0.25) is 0 Å². The average molecular weight is 437 g/mol. The Bertz CT molecular complexity index is 774. The largest absolute Gasteiger partial charge is 0.462 e. The van der Waals surface area contributed by atoms with E-state index in [1.165, 1.54) is 55.3 Å². The van der Waals surface area contributed by atoms with Crippen LogP contribution in [0, 0.1) is 5.82 Å². The predicted octanol–water partition coefficient (Wildman–Crippen LogP) is 5.93. The van der Waals surface area contributed by atoms with Crippen molar-refractivity contribution < 1.29 is 23.5 Å². The number of carbonyl (C=O) groups excluding carboxylic acids is 2. The smallest absolute Gasteiger partial charge is 0.343 e. The van der Waals surface area contributed by atoms with Crippen molar-refractivity contribution in [3.63, 3.8) is 0 Å². The average Bonchev–Trinajstić information content (AvgIpc) is 2.66. The van der Waals surface area contributed by atoms with Crippen LogP contribution in [0.15, 0.2) is 46.9 Å². The van der Waals surface area contributed by atoms with Gasteiger partial charge in [0.25, 0.3) is 0 Å². The minimum atomic E-state index is -0.599. The highest BCUT2D eigenvalue weighted by Crippen LogP contribution is 2.26. The van der Waals surface area contributed by atoms with Gasteiger partial charge in [-0.25, -0.2) is 14.0 Å². The zero-order chi connectivity index (χ0) is 19.6. The van der Waals surface area contributed by atoms with Crippen molar-refractivity contribution in [1.29, 1.82) is 0 Å². The van der Waals surface area contributed by atoms with Gasteiger partial charge >= 0.3 is 11.9 Å². The van der Waals surface area contributed by atoms with Gasteiger partial charge in [0.1, 0.15) is 11.6 Å². The lowest BCUT2D eigenvalue weighted by Gasteiger charge is -2.08. The number of halogens is 2. The second-order valence-corrected chi connectivity index (χ2v) is 6.95. The summed E-state index contributed by atoms with van der Waals surface area (Å²) in [5.41, 5.74) is 0.658. The molecule has 2 rings (SSSR count). The van der Waals surface area contributed by atoms with Crippen molar-refractivity contribution in [2.75, 3.05) is 6.61 Å². The fourth-order valence-electron chi connectivity index (χ4n) is 2.41. The van der Waals surface area contributed by atoms with E-state index >= 15 is 0 Å². The Morgan fingerprint density at radius 1 is 0.926 bits per heavy atom. The van der Waals surface area contributed by atoms with Crippen molar-refractivity contribution in [2.45, 2.75) is 39.0 Å². The van der Waals surface area contributed by atoms with E-state index in [9.17, 15) is 14.0 Å². The molecule has 0 aliphatic rings. The van der Waals surface area contributed by atoms with Crippen LogP contribution < -0.4 is 4.74 Å². The SMILES string of the molecule is CCCCCCCOC(=O)c1ccc(C(=O)Oc2ccc(F)cc2Br)cc1. The summed E-state index contributed by atoms with van der Waals surface area (Å²) in [5, 5.41) is 0. The fraction of sp³-hybridized carbons (Fsp3) is 0.333. The van der Waals surface area contributed by atoms with Crippen LogP contribution in [-0.4, -0.2) is 18.5 Å². The molecule has 4 nitrogen and oxygen atoms in total. The van der Waals surface area contributed by atoms with Gasteiger partial charge in [-0.1, -0.05) is 32.6 Å². The molecule has 0 fully saturated rings. The first-order valence-corrected chi connectivity index (χ1v) is 9.75. The molecule has 0 radical (unpaired) electrons. The molecule has 0 atom stereocenters. The van der Waals surface area contributed by atoms with Crippen LogP contribution in [0.4, 0.5) is 4.39 Å². The van der Waals surface area contributed by atoms with Gasteiger partial charge in [0, 0.05) is 0 Å². The van der Waals surface area contributed by atoms with Gasteiger partial charge < -0.3 is 9.47 Å². The summed E-state index contributed by atoms with van der Waals surface area (Å²) in [6, 6.07) is 9.82. The molecule has 0 saturated heterocycles. The Morgan fingerprint density at radius 2 is 1.56 bits per heavy atom. The zero-order valence-electron chi connectivity index (χ0n) is 15.2. The topological polar surface area (TPSA) is 52.6 Å². The van der Waals surface area contributed by atoms with Crippen molar-refractivity contribution >= 4 is 27.9 Å². The summed E-state index contributed by atoms with van der Waals surface area (Å²) in [6.45, 7) is 2.54. The zero-order valence-corrected chi connectivity index (χ0v) is 16.8. The van der Waals surface area contributed by atoms with E-state index in [2.05, 4.69) is 22.9 Å². The van der Waals surface area contributed by atoms with Gasteiger partial charge in [-0.3, -0.25) is 0 Å². The summed E-state index contributed by atoms with van der Waals surface area (Å²) in [5.74, 6) is -1.23. The summed E-state index contributed by atoms with van der Waals surface area (Å²) in [7, 11) is 0. The number of hydrogen-bond acceptors (Lipinski definition) is 4. The maximum Gasteiger partial charge on any atom is 0.343 e. The molecule has 0 N–H and O–H groups in total. The maximum absolute atomic E-state index is 13.1. The molecule has 2 aromatic carbocycles. The van der Waals surface area contributed by atoms with Gasteiger partial charge in [-0.15, -0.1) is 0 Å². The number of benzene rings is 2. The number of hydrogen-bond donors (Lipinski definition) is 0. The molecule has 2 aromatic rings. The molecule has 0 aliphatic carbocycles. The summed E-state index contributed by atoms with van der Waals surface area (Å²) in [6.07, 6.45) is 5.41. The summed E-state index contributed by atoms with van der Waals surface area (Å²) >= 11 is 3.14. The predicted molar refractivity (Wildman–Crippen MR) is 105 cm³/mol. The van der Waals surface area contributed by atoms with E-state index in [1.807, 2.05) is 0 Å². The van der Waals surface area contributed by atoms with Crippen molar-refractivity contribution in [3.05, 3.63) is 63.9 Å². The van der Waals surface area contributed by atoms with Crippen LogP contribution >= 0.6 is 15.9 Å². The van der Waals surface area contributed by atoms with E-state index in [-0.39, 0.29) is 11.3 Å². The van der Waals surface area contributed by atoms with E-state index in [1.54, 1.807) is 0 Å². The molecule has 6 heteroatoms. The Labute approximate surface area is 166 Å². The van der Waals surface area contributed by atoms with Crippen molar-refractivity contribution in [1.82, 2.24) is 0 Å². The highest BCUT2D eigenvalue weighted by atomic mass is 79.9. The first-order valence-electron chi connectivity index (χ1n) is 8.95. The van der Waals surface area contributed by atoms with E-state index in [4.69, 9.17) is 9.47 Å². The van der Waals surface area contributed by atoms with Gasteiger partial charge in [0.05, 0.1) is 22.2 Å². The molecule has 144 valence electrons. The lowest BCUT2D eigenvalue weighted by atomic mass is 10.1. The highest BCUT2D eigenvalue weighted by molar-refractivity contribution is 9.10. The summed E-state index contributed by atoms with van der Waals surface area (Å²) < 4.78 is 23.9. The Morgan fingerprint density at radius 3 is 2.19 bits per heavy atom. The third-order valence-electron chi connectivity index (χ3n) is 3.93. The molecule has 0 aliphatic heterocycles. The third kappa shape index (κ3) is 6.79. The number of unbranched alkanes of at least 4 members (excludes halogenated alkanes) is 4. The van der Waals surface area contributed by atoms with Crippen LogP contribution in [0.1, 0.15) is 59.7 Å². The number of carbonyl (C=O) groups is 2. The third-order valence-corrected chi connectivity index (χ3v) is 4.55. The Balaban J connectivity index is 1.86. The first kappa shape index (κ1) is 21.1. The first-order chi connectivity index (χ1) is 13.0. The molecule has 0 spiro atoms. The minimum absolute atomic E-state index is 0.216. The molecule has 0 heterocycles. The molecule has 27 heavy (non-hydrogen) atoms. The monoisotopic (exact) mass is 436 g/mol. The lowest BCUT2D eigenvalue weighted by molar-refractivity contribution is 0.0497. The van der Waals surface area contributed by atoms with Gasteiger partial charge in [0.2, 0.25) is 0 Å². The van der Waals surface area contributed by atoms with Crippen molar-refractivity contribution in [2.24, 2.45) is 0 Å². The van der Waals surface area contributed by atoms with E-state index in [0.717, 1.165) is 19.3 Å². The molecule has 0 bridgehead atoms. The van der Waals surface area contributed by atoms with Crippen molar-refractivity contribution in [3.8, 4) is 5.75 Å². The van der Waals surface area contributed by atoms with Crippen LogP contribution in [0.5, 0.6) is 5.75 Å². The molecular weight excluding hydrogens is 415 g/mol. The Kier molecular flexibility index (Phi) is 8.45. The van der Waals surface area contributed by atoms with Gasteiger partial charge in [0.15, 0.2) is 0 Å². The second-order valence-electron chi connectivity index (χ2n) is 6.09. The van der Waals surface area contributed by atoms with Gasteiger partial charge in [-0.05, 0) is 64.8 Å². The lowest BCUT2D eigenvalue weighted by Crippen LogP contribution is -2.10. The molecule has 0 aromatic heterocycles. The minimum Gasteiger partial charge on any atom is -0.462 e. The molecule has 0 saturated carbocycles. The second kappa shape index (κ2) is 10.8. The molecule has 0 amide bonds. The highest BCUT2D eigenvalue weighted by Gasteiger charge is 2.13. The molecular formula is C21H22BrFO4. The maximum atomic E-state index is 13.1. The number of esters is 2. The number of rotatable bonds is 9. The van der Waals surface area contributed by atoms with Crippen LogP contribution in [-0.2, 0) is 4.74 Å². The molecule has 0 unspecified atom stereocenters.